The molecule has 0 aromatic rings. The number of thioether (sulfide) groups is 3. The second kappa shape index (κ2) is 6.11. The Morgan fingerprint density at radius 2 is 1.80 bits per heavy atom. The van der Waals surface area contributed by atoms with Gasteiger partial charge in [-0.2, -0.15) is 11.8 Å². The van der Waals surface area contributed by atoms with Crippen LogP contribution in [0.2, 0.25) is 0 Å². The van der Waals surface area contributed by atoms with Crippen LogP contribution in [0.25, 0.3) is 0 Å². The standard InChI is InChI=1S/C12H22S3/c1-3-10(8-13-11-4-5-11)14-9(2)15-12-6-7-12/h9-12H,3-8H2,1-2H3. The summed E-state index contributed by atoms with van der Waals surface area (Å²) in [6.07, 6.45) is 7.27. The minimum absolute atomic E-state index is 0.822. The Hall–Kier alpha value is 1.05. The lowest BCUT2D eigenvalue weighted by molar-refractivity contribution is 0.914. The van der Waals surface area contributed by atoms with Crippen LogP contribution in [0.5, 0.6) is 0 Å². The van der Waals surface area contributed by atoms with Gasteiger partial charge >= 0.3 is 0 Å². The van der Waals surface area contributed by atoms with Gasteiger partial charge in [-0.05, 0) is 39.0 Å². The summed E-state index contributed by atoms with van der Waals surface area (Å²) in [5, 5.41) is 2.95. The Balaban J connectivity index is 1.58. The van der Waals surface area contributed by atoms with Crippen molar-refractivity contribution in [3.05, 3.63) is 0 Å². The molecule has 2 rings (SSSR count). The summed E-state index contributed by atoms with van der Waals surface area (Å²) in [5.74, 6) is 1.39. The van der Waals surface area contributed by atoms with Crippen LogP contribution in [0.3, 0.4) is 0 Å². The van der Waals surface area contributed by atoms with Gasteiger partial charge in [0.05, 0.1) is 0 Å². The zero-order valence-corrected chi connectivity index (χ0v) is 12.2. The fraction of sp³-hybridized carbons (Fsp3) is 1.00. The zero-order valence-electron chi connectivity index (χ0n) is 9.78. The second-order valence-corrected chi connectivity index (χ2v) is 9.53. The summed E-state index contributed by atoms with van der Waals surface area (Å²) in [7, 11) is 0. The predicted octanol–water partition coefficient (Wildman–Crippen LogP) is 4.64. The number of hydrogen-bond donors (Lipinski definition) is 0. The molecule has 0 amide bonds. The van der Waals surface area contributed by atoms with E-state index < -0.39 is 0 Å². The van der Waals surface area contributed by atoms with E-state index in [0.29, 0.717) is 0 Å². The molecule has 0 spiro atoms. The monoisotopic (exact) mass is 262 g/mol. The Morgan fingerprint density at radius 3 is 2.33 bits per heavy atom. The molecule has 2 aliphatic carbocycles. The van der Waals surface area contributed by atoms with E-state index in [1.54, 1.807) is 0 Å². The summed E-state index contributed by atoms with van der Waals surface area (Å²) in [6.45, 7) is 4.75. The Labute approximate surface area is 107 Å². The normalized spacial score (nSPS) is 25.2. The molecule has 0 aromatic carbocycles. The maximum Gasteiger partial charge on any atom is 0.0480 e. The molecule has 0 bridgehead atoms. The molecule has 2 saturated carbocycles. The van der Waals surface area contributed by atoms with E-state index in [4.69, 9.17) is 0 Å². The summed E-state index contributed by atoms with van der Waals surface area (Å²) in [4.78, 5) is 0. The molecule has 2 unspecified atom stereocenters. The average Bonchev–Trinajstić information content (AvgIpc) is 3.05. The van der Waals surface area contributed by atoms with Crippen molar-refractivity contribution in [2.75, 3.05) is 5.75 Å². The molecular formula is C12H22S3. The van der Waals surface area contributed by atoms with Crippen LogP contribution in [0.15, 0.2) is 0 Å². The van der Waals surface area contributed by atoms with E-state index in [9.17, 15) is 0 Å². The molecule has 0 aliphatic heterocycles. The van der Waals surface area contributed by atoms with Gasteiger partial charge in [-0.1, -0.05) is 6.92 Å². The van der Waals surface area contributed by atoms with E-state index in [-0.39, 0.29) is 0 Å². The third-order valence-corrected chi connectivity index (χ3v) is 7.71. The van der Waals surface area contributed by atoms with E-state index in [0.717, 1.165) is 20.3 Å². The van der Waals surface area contributed by atoms with Gasteiger partial charge in [0, 0.05) is 26.1 Å². The van der Waals surface area contributed by atoms with Crippen LogP contribution in [-0.4, -0.2) is 26.1 Å². The van der Waals surface area contributed by atoms with Gasteiger partial charge in [-0.25, -0.2) is 0 Å². The van der Waals surface area contributed by atoms with Crippen molar-refractivity contribution in [3.63, 3.8) is 0 Å². The van der Waals surface area contributed by atoms with Gasteiger partial charge in [0.1, 0.15) is 0 Å². The van der Waals surface area contributed by atoms with Gasteiger partial charge in [0.2, 0.25) is 0 Å². The third-order valence-electron chi connectivity index (χ3n) is 2.79. The van der Waals surface area contributed by atoms with Crippen LogP contribution in [0.1, 0.15) is 46.0 Å². The van der Waals surface area contributed by atoms with E-state index >= 15 is 0 Å². The first-order valence-electron chi connectivity index (χ1n) is 6.20. The summed E-state index contributed by atoms with van der Waals surface area (Å²) < 4.78 is 0.822. The minimum atomic E-state index is 0.822. The maximum atomic E-state index is 2.40. The first kappa shape index (κ1) is 12.5. The average molecular weight is 263 g/mol. The molecule has 0 aromatic heterocycles. The minimum Gasteiger partial charge on any atom is -0.157 e. The molecule has 88 valence electrons. The van der Waals surface area contributed by atoms with Gasteiger partial charge < -0.3 is 0 Å². The second-order valence-electron chi connectivity index (χ2n) is 4.60. The van der Waals surface area contributed by atoms with Crippen LogP contribution >= 0.6 is 35.3 Å². The molecule has 2 aliphatic rings. The molecular weight excluding hydrogens is 240 g/mol. The molecule has 0 heterocycles. The Kier molecular flexibility index (Phi) is 5.09. The molecule has 15 heavy (non-hydrogen) atoms. The summed E-state index contributed by atoms with van der Waals surface area (Å²) in [5.41, 5.74) is 0. The Morgan fingerprint density at radius 1 is 1.13 bits per heavy atom. The van der Waals surface area contributed by atoms with Crippen molar-refractivity contribution in [2.24, 2.45) is 0 Å². The SMILES string of the molecule is CCC(CSC1CC1)SC(C)SC1CC1. The molecule has 0 N–H and O–H groups in total. The lowest BCUT2D eigenvalue weighted by Crippen LogP contribution is -2.09. The third kappa shape index (κ3) is 5.27. The molecule has 0 nitrogen and oxygen atoms in total. The highest BCUT2D eigenvalue weighted by atomic mass is 32.2. The van der Waals surface area contributed by atoms with Crippen LogP contribution < -0.4 is 0 Å². The van der Waals surface area contributed by atoms with Crippen LogP contribution in [0, 0.1) is 0 Å². The van der Waals surface area contributed by atoms with Crippen molar-refractivity contribution in [2.45, 2.75) is 66.3 Å². The van der Waals surface area contributed by atoms with Gasteiger partial charge in [0.15, 0.2) is 0 Å². The van der Waals surface area contributed by atoms with E-state index in [2.05, 4.69) is 49.1 Å². The predicted molar refractivity (Wildman–Crippen MR) is 77.2 cm³/mol. The Bertz CT molecular complexity index is 187. The van der Waals surface area contributed by atoms with Crippen LogP contribution in [-0.2, 0) is 0 Å². The van der Waals surface area contributed by atoms with Crippen molar-refractivity contribution in [1.29, 1.82) is 0 Å². The molecule has 0 radical (unpaired) electrons. The van der Waals surface area contributed by atoms with Crippen molar-refractivity contribution < 1.29 is 0 Å². The maximum absolute atomic E-state index is 2.40. The first-order chi connectivity index (χ1) is 7.28. The lowest BCUT2D eigenvalue weighted by Gasteiger charge is -2.18. The van der Waals surface area contributed by atoms with Gasteiger partial charge in [0.25, 0.3) is 0 Å². The van der Waals surface area contributed by atoms with E-state index in [1.807, 2.05) is 0 Å². The quantitative estimate of drug-likeness (QED) is 0.585. The number of hydrogen-bond acceptors (Lipinski definition) is 3. The highest BCUT2D eigenvalue weighted by Crippen LogP contribution is 2.43. The van der Waals surface area contributed by atoms with Crippen molar-refractivity contribution in [1.82, 2.24) is 0 Å². The summed E-state index contributed by atoms with van der Waals surface area (Å²) in [6, 6.07) is 0. The fourth-order valence-corrected chi connectivity index (χ4v) is 6.14. The van der Waals surface area contributed by atoms with Gasteiger partial charge in [-0.3, -0.25) is 0 Å². The number of rotatable bonds is 8. The smallest absolute Gasteiger partial charge is 0.0480 e. The lowest BCUT2D eigenvalue weighted by atomic mass is 10.4. The molecule has 3 heteroatoms. The molecule has 2 fully saturated rings. The van der Waals surface area contributed by atoms with E-state index in [1.165, 1.54) is 37.9 Å². The van der Waals surface area contributed by atoms with Crippen molar-refractivity contribution >= 4 is 35.3 Å². The zero-order chi connectivity index (χ0) is 10.7. The molecule has 2 atom stereocenters. The van der Waals surface area contributed by atoms with Crippen molar-refractivity contribution in [3.8, 4) is 0 Å². The summed E-state index contributed by atoms with van der Waals surface area (Å²) >= 11 is 6.66. The largest absolute Gasteiger partial charge is 0.157 e. The highest BCUT2D eigenvalue weighted by Gasteiger charge is 2.27. The molecule has 0 saturated heterocycles. The van der Waals surface area contributed by atoms with Gasteiger partial charge in [-0.15, -0.1) is 23.5 Å². The first-order valence-corrected chi connectivity index (χ1v) is 9.14. The highest BCUT2D eigenvalue weighted by molar-refractivity contribution is 8.18. The topological polar surface area (TPSA) is 0 Å². The van der Waals surface area contributed by atoms with Crippen LogP contribution in [0.4, 0.5) is 0 Å². The fourth-order valence-electron chi connectivity index (χ4n) is 1.51.